The largest absolute Gasteiger partial charge is 0.352 e. The van der Waals surface area contributed by atoms with E-state index in [-0.39, 0.29) is 27.1 Å². The van der Waals surface area contributed by atoms with Crippen molar-refractivity contribution in [2.75, 3.05) is 31.9 Å². The Hall–Kier alpha value is -2.16. The van der Waals surface area contributed by atoms with E-state index in [9.17, 15) is 17.6 Å². The van der Waals surface area contributed by atoms with Crippen LogP contribution in [0.2, 0.25) is 5.02 Å². The summed E-state index contributed by atoms with van der Waals surface area (Å²) in [6, 6.07) is 8.89. The van der Waals surface area contributed by atoms with E-state index in [4.69, 9.17) is 11.6 Å². The Morgan fingerprint density at radius 1 is 1.15 bits per heavy atom. The summed E-state index contributed by atoms with van der Waals surface area (Å²) in [5, 5.41) is 2.72. The van der Waals surface area contributed by atoms with E-state index in [2.05, 4.69) is 10.0 Å². The van der Waals surface area contributed by atoms with E-state index in [1.165, 1.54) is 30.3 Å². The number of hydrogen-bond acceptors (Lipinski definition) is 4. The minimum atomic E-state index is -4.04. The van der Waals surface area contributed by atoms with E-state index < -0.39 is 15.8 Å². The summed E-state index contributed by atoms with van der Waals surface area (Å²) < 4.78 is 40.5. The Morgan fingerprint density at radius 3 is 2.44 bits per heavy atom. The van der Waals surface area contributed by atoms with Crippen molar-refractivity contribution in [2.24, 2.45) is 0 Å². The van der Waals surface area contributed by atoms with Crippen LogP contribution >= 0.6 is 11.6 Å². The van der Waals surface area contributed by atoms with E-state index >= 15 is 0 Å². The molecule has 0 aliphatic rings. The molecular formula is C18H21ClFN3O3S. The number of hydrogen-bond donors (Lipinski definition) is 2. The molecule has 0 aliphatic carbocycles. The fourth-order valence-electron chi connectivity index (χ4n) is 2.28. The first kappa shape index (κ1) is 21.1. The maximum Gasteiger partial charge on any atom is 0.263 e. The average molecular weight is 414 g/mol. The van der Waals surface area contributed by atoms with Crippen molar-refractivity contribution >= 4 is 33.2 Å². The second kappa shape index (κ2) is 9.16. The zero-order valence-electron chi connectivity index (χ0n) is 15.0. The summed E-state index contributed by atoms with van der Waals surface area (Å²) in [6.45, 7) is 1.29. The third-order valence-electron chi connectivity index (χ3n) is 3.65. The molecule has 6 nitrogen and oxygen atoms in total. The standard InChI is InChI=1S/C18H21ClFN3O3S/c1-23(2)11-3-10-21-18(24)13-4-9-16(19)17(12-13)27(25,26)22-15-7-5-14(20)6-8-15/h4-9,12,22H,3,10-11H2,1-2H3,(H,21,24). The van der Waals surface area contributed by atoms with Gasteiger partial charge in [0.25, 0.3) is 15.9 Å². The van der Waals surface area contributed by atoms with Crippen molar-refractivity contribution in [3.05, 3.63) is 58.9 Å². The molecular weight excluding hydrogens is 393 g/mol. The van der Waals surface area contributed by atoms with Crippen LogP contribution in [0, 0.1) is 5.82 Å². The highest BCUT2D eigenvalue weighted by Gasteiger charge is 2.20. The summed E-state index contributed by atoms with van der Waals surface area (Å²) in [5.41, 5.74) is 0.370. The lowest BCUT2D eigenvalue weighted by molar-refractivity contribution is 0.0952. The van der Waals surface area contributed by atoms with Gasteiger partial charge in [-0.15, -0.1) is 0 Å². The normalized spacial score (nSPS) is 11.4. The molecule has 2 N–H and O–H groups in total. The number of carbonyl (C=O) groups is 1. The Balaban J connectivity index is 2.15. The molecule has 27 heavy (non-hydrogen) atoms. The van der Waals surface area contributed by atoms with Crippen LogP contribution < -0.4 is 10.0 Å². The molecule has 0 aliphatic heterocycles. The first-order valence-corrected chi connectivity index (χ1v) is 10.1. The lowest BCUT2D eigenvalue weighted by Crippen LogP contribution is -2.27. The third-order valence-corrected chi connectivity index (χ3v) is 5.51. The number of rotatable bonds is 8. The summed E-state index contributed by atoms with van der Waals surface area (Å²) in [5.74, 6) is -0.868. The quantitative estimate of drug-likeness (QED) is 0.652. The molecule has 0 bridgehead atoms. The fourth-order valence-corrected chi connectivity index (χ4v) is 3.86. The maximum absolute atomic E-state index is 13.0. The van der Waals surface area contributed by atoms with Crippen LogP contribution in [-0.4, -0.2) is 46.4 Å². The minimum absolute atomic E-state index is 0.0197. The maximum atomic E-state index is 13.0. The third kappa shape index (κ3) is 6.20. The van der Waals surface area contributed by atoms with Gasteiger partial charge in [0.2, 0.25) is 0 Å². The van der Waals surface area contributed by atoms with Crippen molar-refractivity contribution < 1.29 is 17.6 Å². The molecule has 0 saturated carbocycles. The molecule has 0 unspecified atom stereocenters. The highest BCUT2D eigenvalue weighted by Crippen LogP contribution is 2.25. The predicted octanol–water partition coefficient (Wildman–Crippen LogP) is 2.96. The van der Waals surface area contributed by atoms with Gasteiger partial charge in [-0.25, -0.2) is 12.8 Å². The van der Waals surface area contributed by atoms with Crippen molar-refractivity contribution in [3.8, 4) is 0 Å². The van der Waals surface area contributed by atoms with Gasteiger partial charge in [-0.2, -0.15) is 0 Å². The number of amides is 1. The smallest absolute Gasteiger partial charge is 0.263 e. The number of sulfonamides is 1. The topological polar surface area (TPSA) is 78.5 Å². The predicted molar refractivity (Wildman–Crippen MR) is 104 cm³/mol. The van der Waals surface area contributed by atoms with Crippen molar-refractivity contribution in [3.63, 3.8) is 0 Å². The zero-order valence-corrected chi connectivity index (χ0v) is 16.6. The van der Waals surface area contributed by atoms with Gasteiger partial charge in [0.1, 0.15) is 10.7 Å². The Morgan fingerprint density at radius 2 is 1.81 bits per heavy atom. The van der Waals surface area contributed by atoms with E-state index in [0.29, 0.717) is 6.54 Å². The SMILES string of the molecule is CN(C)CCCNC(=O)c1ccc(Cl)c(S(=O)(=O)Nc2ccc(F)cc2)c1. The van der Waals surface area contributed by atoms with Gasteiger partial charge in [0.15, 0.2) is 0 Å². The molecule has 2 aromatic carbocycles. The van der Waals surface area contributed by atoms with Gasteiger partial charge in [-0.3, -0.25) is 9.52 Å². The Bertz CT molecular complexity index is 903. The van der Waals surface area contributed by atoms with Crippen molar-refractivity contribution in [2.45, 2.75) is 11.3 Å². The summed E-state index contributed by atoms with van der Waals surface area (Å²) in [7, 11) is -0.167. The molecule has 2 rings (SSSR count). The molecule has 0 spiro atoms. The molecule has 0 fully saturated rings. The van der Waals surface area contributed by atoms with Crippen LogP contribution in [0.15, 0.2) is 47.4 Å². The number of nitrogens with zero attached hydrogens (tertiary/aromatic N) is 1. The minimum Gasteiger partial charge on any atom is -0.352 e. The molecule has 0 saturated heterocycles. The lowest BCUT2D eigenvalue weighted by Gasteiger charge is -2.12. The monoisotopic (exact) mass is 413 g/mol. The van der Waals surface area contributed by atoms with E-state index in [0.717, 1.165) is 25.1 Å². The van der Waals surface area contributed by atoms with Crippen LogP contribution in [0.4, 0.5) is 10.1 Å². The summed E-state index contributed by atoms with van der Waals surface area (Å²) in [6.07, 6.45) is 0.767. The molecule has 0 aromatic heterocycles. The van der Waals surface area contributed by atoms with Gasteiger partial charge >= 0.3 is 0 Å². The van der Waals surface area contributed by atoms with Gasteiger partial charge in [-0.1, -0.05) is 11.6 Å². The van der Waals surface area contributed by atoms with Gasteiger partial charge < -0.3 is 10.2 Å². The van der Waals surface area contributed by atoms with Crippen molar-refractivity contribution in [1.82, 2.24) is 10.2 Å². The van der Waals surface area contributed by atoms with Gasteiger partial charge in [0.05, 0.1) is 5.02 Å². The number of halogens is 2. The first-order chi connectivity index (χ1) is 12.7. The highest BCUT2D eigenvalue weighted by atomic mass is 35.5. The highest BCUT2D eigenvalue weighted by molar-refractivity contribution is 7.92. The Kier molecular flexibility index (Phi) is 7.18. The summed E-state index contributed by atoms with van der Waals surface area (Å²) >= 11 is 6.02. The molecule has 1 amide bonds. The van der Waals surface area contributed by atoms with Gasteiger partial charge in [-0.05, 0) is 69.5 Å². The second-order valence-corrected chi connectivity index (χ2v) is 8.23. The molecule has 0 atom stereocenters. The van der Waals surface area contributed by atoms with Crippen LogP contribution in [0.5, 0.6) is 0 Å². The number of nitrogens with one attached hydrogen (secondary N) is 2. The molecule has 9 heteroatoms. The van der Waals surface area contributed by atoms with Crippen LogP contribution in [0.3, 0.4) is 0 Å². The van der Waals surface area contributed by atoms with Crippen LogP contribution in [-0.2, 0) is 10.0 Å². The zero-order chi connectivity index (χ0) is 20.0. The molecule has 146 valence electrons. The summed E-state index contributed by atoms with van der Waals surface area (Å²) in [4.78, 5) is 14.0. The van der Waals surface area contributed by atoms with Crippen LogP contribution in [0.1, 0.15) is 16.8 Å². The van der Waals surface area contributed by atoms with Crippen molar-refractivity contribution in [1.29, 1.82) is 0 Å². The fraction of sp³-hybridized carbons (Fsp3) is 0.278. The molecule has 2 aromatic rings. The Labute approximate surface area is 163 Å². The van der Waals surface area contributed by atoms with E-state index in [1.807, 2.05) is 19.0 Å². The lowest BCUT2D eigenvalue weighted by atomic mass is 10.2. The number of benzene rings is 2. The number of anilines is 1. The number of carbonyl (C=O) groups excluding carboxylic acids is 1. The second-order valence-electron chi connectivity index (χ2n) is 6.17. The molecule has 0 heterocycles. The molecule has 0 radical (unpaired) electrons. The van der Waals surface area contributed by atoms with Gasteiger partial charge in [0, 0.05) is 17.8 Å². The van der Waals surface area contributed by atoms with Crippen LogP contribution in [0.25, 0.3) is 0 Å². The first-order valence-electron chi connectivity index (χ1n) is 8.20. The van der Waals surface area contributed by atoms with E-state index in [1.54, 1.807) is 0 Å². The average Bonchev–Trinajstić information content (AvgIpc) is 2.60.